The van der Waals surface area contributed by atoms with Gasteiger partial charge in [0, 0.05) is 23.5 Å². The maximum Gasteiger partial charge on any atom is 0.258 e. The Morgan fingerprint density at radius 2 is 1.90 bits per heavy atom. The van der Waals surface area contributed by atoms with Gasteiger partial charge in [-0.3, -0.25) is 4.79 Å². The first kappa shape index (κ1) is 14.1. The number of rotatable bonds is 4. The minimum absolute atomic E-state index is 0.0532. The van der Waals surface area contributed by atoms with Crippen molar-refractivity contribution in [1.82, 2.24) is 4.98 Å². The molecule has 4 nitrogen and oxygen atoms in total. The number of hydrogen-bond donors (Lipinski definition) is 1. The lowest BCUT2D eigenvalue weighted by molar-refractivity contribution is 0.0988. The number of nitrogens with two attached hydrogens (primary N) is 1. The zero-order chi connectivity index (χ0) is 14.5. The fraction of sp³-hybridized carbons (Fsp3) is 0.250. The number of pyridine rings is 1. The molecular formula is C16H19N3O. The number of hydrogen-bond acceptors (Lipinski definition) is 3. The third kappa shape index (κ3) is 2.96. The monoisotopic (exact) mass is 269 g/mol. The second-order valence-corrected chi connectivity index (χ2v) is 4.51. The fourth-order valence-electron chi connectivity index (χ4n) is 2.12. The maximum atomic E-state index is 12.6. The quantitative estimate of drug-likeness (QED) is 0.928. The average Bonchev–Trinajstić information content (AvgIpc) is 2.48. The van der Waals surface area contributed by atoms with Crippen LogP contribution in [0.3, 0.4) is 0 Å². The summed E-state index contributed by atoms with van der Waals surface area (Å²) in [6, 6.07) is 13.1. The molecular weight excluding hydrogens is 250 g/mol. The highest BCUT2D eigenvalue weighted by atomic mass is 16.2. The highest BCUT2D eigenvalue weighted by molar-refractivity contribution is 6.06. The van der Waals surface area contributed by atoms with E-state index in [0.717, 1.165) is 17.8 Å². The molecule has 0 aliphatic rings. The number of carbonyl (C=O) groups excluding carboxylic acids is 1. The highest BCUT2D eigenvalue weighted by Gasteiger charge is 2.17. The molecule has 0 unspecified atom stereocenters. The molecule has 0 spiro atoms. The van der Waals surface area contributed by atoms with Crippen molar-refractivity contribution in [2.45, 2.75) is 20.3 Å². The van der Waals surface area contributed by atoms with Gasteiger partial charge in [-0.15, -0.1) is 0 Å². The van der Waals surface area contributed by atoms with Crippen molar-refractivity contribution >= 4 is 17.4 Å². The highest BCUT2D eigenvalue weighted by Crippen LogP contribution is 2.18. The van der Waals surface area contributed by atoms with Gasteiger partial charge in [-0.1, -0.05) is 25.1 Å². The van der Waals surface area contributed by atoms with Gasteiger partial charge in [0.2, 0.25) is 0 Å². The number of amides is 1. The molecule has 0 aliphatic heterocycles. The molecule has 2 aromatic rings. The van der Waals surface area contributed by atoms with Gasteiger partial charge in [0.15, 0.2) is 0 Å². The van der Waals surface area contributed by atoms with E-state index in [2.05, 4.69) is 4.98 Å². The Bertz CT molecular complexity index is 596. The van der Waals surface area contributed by atoms with Crippen molar-refractivity contribution in [3.63, 3.8) is 0 Å². The van der Waals surface area contributed by atoms with E-state index in [4.69, 9.17) is 5.73 Å². The lowest BCUT2D eigenvalue weighted by atomic mass is 10.1. The molecule has 4 heteroatoms. The van der Waals surface area contributed by atoms with E-state index in [9.17, 15) is 4.79 Å². The number of carbonyl (C=O) groups is 1. The fourth-order valence-corrected chi connectivity index (χ4v) is 2.12. The first-order valence-electron chi connectivity index (χ1n) is 6.79. The van der Waals surface area contributed by atoms with Gasteiger partial charge in [0.1, 0.15) is 5.82 Å². The Morgan fingerprint density at radius 1 is 1.20 bits per heavy atom. The Morgan fingerprint density at radius 3 is 2.50 bits per heavy atom. The van der Waals surface area contributed by atoms with E-state index in [-0.39, 0.29) is 5.91 Å². The topological polar surface area (TPSA) is 59.2 Å². The lowest BCUT2D eigenvalue weighted by Crippen LogP contribution is -2.30. The molecule has 0 bridgehead atoms. The smallest absolute Gasteiger partial charge is 0.258 e. The minimum atomic E-state index is -0.0532. The third-order valence-electron chi connectivity index (χ3n) is 3.14. The molecule has 0 radical (unpaired) electrons. The second kappa shape index (κ2) is 6.19. The van der Waals surface area contributed by atoms with Crippen LogP contribution < -0.4 is 10.6 Å². The van der Waals surface area contributed by atoms with Crippen molar-refractivity contribution in [3.05, 3.63) is 53.7 Å². The predicted molar refractivity (Wildman–Crippen MR) is 81.8 cm³/mol. The number of aryl methyl sites for hydroxylation is 1. The summed E-state index contributed by atoms with van der Waals surface area (Å²) in [6.45, 7) is 4.55. The van der Waals surface area contributed by atoms with Gasteiger partial charge in [-0.25, -0.2) is 4.98 Å². The van der Waals surface area contributed by atoms with E-state index < -0.39 is 0 Å². The average molecular weight is 269 g/mol. The van der Waals surface area contributed by atoms with Crippen LogP contribution in [0, 0.1) is 0 Å². The molecule has 0 aliphatic carbocycles. The number of nitrogen functional groups attached to an aromatic ring is 1. The standard InChI is InChI=1S/C16H19N3O/c1-3-13-10-12(11-15(17)18-13)16(20)19(4-2)14-8-6-5-7-9-14/h5-11H,3-4H2,1-2H3,(H2,17,18). The number of para-hydroxylation sites is 1. The molecule has 2 N–H and O–H groups in total. The van der Waals surface area contributed by atoms with Crippen LogP contribution in [0.1, 0.15) is 29.9 Å². The van der Waals surface area contributed by atoms with Gasteiger partial charge in [0.05, 0.1) is 0 Å². The molecule has 1 aromatic heterocycles. The van der Waals surface area contributed by atoms with Gasteiger partial charge in [0.25, 0.3) is 5.91 Å². The summed E-state index contributed by atoms with van der Waals surface area (Å²) in [5.74, 6) is 0.333. The Kier molecular flexibility index (Phi) is 4.35. The minimum Gasteiger partial charge on any atom is -0.384 e. The van der Waals surface area contributed by atoms with E-state index in [0.29, 0.717) is 17.9 Å². The van der Waals surface area contributed by atoms with E-state index in [1.54, 1.807) is 11.0 Å². The summed E-state index contributed by atoms with van der Waals surface area (Å²) in [7, 11) is 0. The van der Waals surface area contributed by atoms with Crippen LogP contribution in [-0.2, 0) is 6.42 Å². The maximum absolute atomic E-state index is 12.6. The zero-order valence-corrected chi connectivity index (χ0v) is 11.8. The van der Waals surface area contributed by atoms with E-state index in [1.165, 1.54) is 0 Å². The molecule has 104 valence electrons. The summed E-state index contributed by atoms with van der Waals surface area (Å²) < 4.78 is 0. The Balaban J connectivity index is 2.36. The van der Waals surface area contributed by atoms with Crippen molar-refractivity contribution in [2.24, 2.45) is 0 Å². The number of anilines is 2. The van der Waals surface area contributed by atoms with E-state index in [1.807, 2.05) is 50.2 Å². The van der Waals surface area contributed by atoms with Crippen LogP contribution in [0.15, 0.2) is 42.5 Å². The van der Waals surface area contributed by atoms with Crippen molar-refractivity contribution in [1.29, 1.82) is 0 Å². The summed E-state index contributed by atoms with van der Waals surface area (Å²) in [4.78, 5) is 18.6. The predicted octanol–water partition coefficient (Wildman–Crippen LogP) is 2.89. The van der Waals surface area contributed by atoms with E-state index >= 15 is 0 Å². The number of benzene rings is 1. The largest absolute Gasteiger partial charge is 0.384 e. The molecule has 1 heterocycles. The molecule has 0 fully saturated rings. The van der Waals surface area contributed by atoms with Crippen molar-refractivity contribution in [3.8, 4) is 0 Å². The van der Waals surface area contributed by atoms with Crippen LogP contribution in [0.25, 0.3) is 0 Å². The molecule has 0 saturated heterocycles. The van der Waals surface area contributed by atoms with Crippen LogP contribution in [0.4, 0.5) is 11.5 Å². The Labute approximate surface area is 119 Å². The van der Waals surface area contributed by atoms with Crippen molar-refractivity contribution in [2.75, 3.05) is 17.2 Å². The second-order valence-electron chi connectivity index (χ2n) is 4.51. The summed E-state index contributed by atoms with van der Waals surface area (Å²) in [5.41, 5.74) is 8.07. The molecule has 1 amide bonds. The SMILES string of the molecule is CCc1cc(C(=O)N(CC)c2ccccc2)cc(N)n1. The van der Waals surface area contributed by atoms with Gasteiger partial charge < -0.3 is 10.6 Å². The zero-order valence-electron chi connectivity index (χ0n) is 11.8. The molecule has 2 rings (SSSR count). The molecule has 0 atom stereocenters. The number of nitrogens with zero attached hydrogens (tertiary/aromatic N) is 2. The first-order chi connectivity index (χ1) is 9.65. The van der Waals surface area contributed by atoms with Gasteiger partial charge >= 0.3 is 0 Å². The lowest BCUT2D eigenvalue weighted by Gasteiger charge is -2.21. The Hall–Kier alpha value is -2.36. The van der Waals surface area contributed by atoms with Crippen LogP contribution >= 0.6 is 0 Å². The van der Waals surface area contributed by atoms with Crippen LogP contribution in [-0.4, -0.2) is 17.4 Å². The molecule has 1 aromatic carbocycles. The van der Waals surface area contributed by atoms with Crippen molar-refractivity contribution < 1.29 is 4.79 Å². The van der Waals surface area contributed by atoms with Crippen LogP contribution in [0.5, 0.6) is 0 Å². The summed E-state index contributed by atoms with van der Waals surface area (Å²) >= 11 is 0. The normalized spacial score (nSPS) is 10.3. The molecule has 20 heavy (non-hydrogen) atoms. The van der Waals surface area contributed by atoms with Crippen LogP contribution in [0.2, 0.25) is 0 Å². The van der Waals surface area contributed by atoms with Gasteiger partial charge in [-0.05, 0) is 37.6 Å². The third-order valence-corrected chi connectivity index (χ3v) is 3.14. The summed E-state index contributed by atoms with van der Waals surface area (Å²) in [6.07, 6.45) is 0.753. The summed E-state index contributed by atoms with van der Waals surface area (Å²) in [5, 5.41) is 0. The number of aromatic nitrogens is 1. The van der Waals surface area contributed by atoms with Gasteiger partial charge in [-0.2, -0.15) is 0 Å². The first-order valence-corrected chi connectivity index (χ1v) is 6.79. The molecule has 0 saturated carbocycles.